The zero-order valence-corrected chi connectivity index (χ0v) is 13.2. The van der Waals surface area contributed by atoms with E-state index in [0.29, 0.717) is 5.69 Å². The first kappa shape index (κ1) is 16.4. The molecule has 0 atom stereocenters. The first-order chi connectivity index (χ1) is 9.19. The Labute approximate surface area is 126 Å². The molecule has 0 aliphatic rings. The highest BCUT2D eigenvalue weighted by atomic mass is 79.9. The van der Waals surface area contributed by atoms with Crippen molar-refractivity contribution < 1.29 is 15.0 Å². The van der Waals surface area contributed by atoms with E-state index in [9.17, 15) is 9.90 Å². The summed E-state index contributed by atoms with van der Waals surface area (Å²) in [4.78, 5) is 11.1. The lowest BCUT2D eigenvalue weighted by Gasteiger charge is -2.17. The Morgan fingerprint density at radius 1 is 1.30 bits per heavy atom. The molecule has 20 heavy (non-hydrogen) atoms. The van der Waals surface area contributed by atoms with Gasteiger partial charge >= 0.3 is 5.97 Å². The molecule has 1 rings (SSSR count). The van der Waals surface area contributed by atoms with Crippen LogP contribution in [0.15, 0.2) is 50.4 Å². The summed E-state index contributed by atoms with van der Waals surface area (Å²) < 4.78 is 0.814. The number of carbonyl (C=O) groups is 1. The Hall–Kier alpha value is -1.69. The van der Waals surface area contributed by atoms with Crippen LogP contribution in [-0.2, 0) is 4.79 Å². The summed E-state index contributed by atoms with van der Waals surface area (Å²) in [6.45, 7) is 5.69. The molecule has 5 nitrogen and oxygen atoms in total. The van der Waals surface area contributed by atoms with Crippen LogP contribution in [0.3, 0.4) is 0 Å². The van der Waals surface area contributed by atoms with Crippen LogP contribution in [0.5, 0.6) is 0 Å². The van der Waals surface area contributed by atoms with Crippen LogP contribution in [0.1, 0.15) is 27.2 Å². The molecule has 0 aliphatic heterocycles. The Bertz CT molecular complexity index is 560. The minimum absolute atomic E-state index is 0.214. The van der Waals surface area contributed by atoms with Crippen molar-refractivity contribution in [3.05, 3.63) is 40.2 Å². The fraction of sp³-hybridized carbons (Fsp3) is 0.357. The number of halogens is 1. The maximum absolute atomic E-state index is 11.1. The van der Waals surface area contributed by atoms with E-state index in [-0.39, 0.29) is 17.6 Å². The van der Waals surface area contributed by atoms with E-state index in [0.717, 1.165) is 4.47 Å². The molecule has 2 N–H and O–H groups in total. The molecule has 0 amide bonds. The van der Waals surface area contributed by atoms with E-state index in [4.69, 9.17) is 5.11 Å². The number of carboxylic acids is 1. The first-order valence-corrected chi connectivity index (χ1v) is 6.81. The summed E-state index contributed by atoms with van der Waals surface area (Å²) in [5, 5.41) is 26.5. The van der Waals surface area contributed by atoms with Crippen molar-refractivity contribution in [3.8, 4) is 0 Å². The van der Waals surface area contributed by atoms with Gasteiger partial charge in [-0.3, -0.25) is 0 Å². The molecule has 108 valence electrons. The number of aliphatic hydroxyl groups excluding tert-OH is 1. The number of nitrogens with zero attached hydrogens (tertiary/aromatic N) is 2. The zero-order chi connectivity index (χ0) is 15.3. The number of carboxylic acid groups (broad SMARTS) is 1. The summed E-state index contributed by atoms with van der Waals surface area (Å²) >= 11 is 3.29. The van der Waals surface area contributed by atoms with Crippen LogP contribution in [-0.4, -0.2) is 16.2 Å². The lowest BCUT2D eigenvalue weighted by Crippen LogP contribution is -2.10. The summed E-state index contributed by atoms with van der Waals surface area (Å²) in [5.41, 5.74) is -0.169. The SMILES string of the molecule is CC(C)(C)CC(O)=C(N=Nc1cccc(Br)c1)C(=O)O. The third-order valence-corrected chi connectivity index (χ3v) is 2.74. The van der Waals surface area contributed by atoms with Crippen molar-refractivity contribution in [2.45, 2.75) is 27.2 Å². The molecule has 6 heteroatoms. The van der Waals surface area contributed by atoms with Crippen LogP contribution in [0.25, 0.3) is 0 Å². The number of hydrogen-bond donors (Lipinski definition) is 2. The molecule has 0 radical (unpaired) electrons. The van der Waals surface area contributed by atoms with Crippen LogP contribution in [0.4, 0.5) is 5.69 Å². The van der Waals surface area contributed by atoms with Crippen molar-refractivity contribution in [2.24, 2.45) is 15.6 Å². The monoisotopic (exact) mass is 340 g/mol. The second kappa shape index (κ2) is 6.65. The van der Waals surface area contributed by atoms with Crippen molar-refractivity contribution in [2.75, 3.05) is 0 Å². The summed E-state index contributed by atoms with van der Waals surface area (Å²) in [5.74, 6) is -1.57. The fourth-order valence-corrected chi connectivity index (χ4v) is 1.84. The molecule has 1 aromatic carbocycles. The highest BCUT2D eigenvalue weighted by Gasteiger charge is 2.20. The molecule has 0 unspecified atom stereocenters. The van der Waals surface area contributed by atoms with Crippen LogP contribution >= 0.6 is 15.9 Å². The van der Waals surface area contributed by atoms with Crippen LogP contribution in [0, 0.1) is 5.41 Å². The zero-order valence-electron chi connectivity index (χ0n) is 11.6. The van der Waals surface area contributed by atoms with Gasteiger partial charge in [-0.25, -0.2) is 4.79 Å². The number of aliphatic carboxylic acids is 1. The van der Waals surface area contributed by atoms with Gasteiger partial charge in [0.2, 0.25) is 5.70 Å². The number of rotatable bonds is 4. The average molecular weight is 341 g/mol. The van der Waals surface area contributed by atoms with Gasteiger partial charge in [-0.1, -0.05) is 42.8 Å². The van der Waals surface area contributed by atoms with E-state index >= 15 is 0 Å². The van der Waals surface area contributed by atoms with Crippen molar-refractivity contribution in [1.82, 2.24) is 0 Å². The van der Waals surface area contributed by atoms with Crippen LogP contribution < -0.4 is 0 Å². The number of allylic oxidation sites excluding steroid dienone is 1. The van der Waals surface area contributed by atoms with Crippen molar-refractivity contribution in [1.29, 1.82) is 0 Å². The lowest BCUT2D eigenvalue weighted by atomic mass is 9.91. The van der Waals surface area contributed by atoms with Gasteiger partial charge in [0.1, 0.15) is 5.76 Å². The Morgan fingerprint density at radius 2 is 1.95 bits per heavy atom. The molecule has 0 heterocycles. The predicted octanol–water partition coefficient (Wildman–Crippen LogP) is 4.82. The molecular formula is C14H17BrN2O3. The topological polar surface area (TPSA) is 82.2 Å². The number of aliphatic hydroxyl groups is 1. The lowest BCUT2D eigenvalue weighted by molar-refractivity contribution is -0.133. The molecule has 1 aromatic rings. The smallest absolute Gasteiger partial charge is 0.359 e. The molecule has 0 bridgehead atoms. The van der Waals surface area contributed by atoms with Gasteiger partial charge in [0, 0.05) is 10.9 Å². The fourth-order valence-electron chi connectivity index (χ4n) is 1.46. The highest BCUT2D eigenvalue weighted by Crippen LogP contribution is 2.26. The van der Waals surface area contributed by atoms with E-state index in [1.807, 2.05) is 26.8 Å². The van der Waals surface area contributed by atoms with E-state index < -0.39 is 11.7 Å². The van der Waals surface area contributed by atoms with Gasteiger partial charge in [0.05, 0.1) is 5.69 Å². The second-order valence-corrected chi connectivity index (χ2v) is 6.43. The summed E-state index contributed by atoms with van der Waals surface area (Å²) in [6.07, 6.45) is 0.214. The van der Waals surface area contributed by atoms with E-state index in [2.05, 4.69) is 26.2 Å². The third kappa shape index (κ3) is 5.52. The van der Waals surface area contributed by atoms with Crippen LogP contribution in [0.2, 0.25) is 0 Å². The molecule has 0 saturated heterocycles. The number of benzene rings is 1. The molecule has 0 spiro atoms. The highest BCUT2D eigenvalue weighted by molar-refractivity contribution is 9.10. The van der Waals surface area contributed by atoms with Crippen molar-refractivity contribution in [3.63, 3.8) is 0 Å². The Balaban J connectivity index is 3.04. The number of azo groups is 1. The minimum atomic E-state index is -1.30. The van der Waals surface area contributed by atoms with Crippen molar-refractivity contribution >= 4 is 27.6 Å². The maximum atomic E-state index is 11.1. The third-order valence-electron chi connectivity index (χ3n) is 2.25. The Morgan fingerprint density at radius 3 is 2.45 bits per heavy atom. The molecular weight excluding hydrogens is 324 g/mol. The van der Waals surface area contributed by atoms with E-state index in [1.54, 1.807) is 18.2 Å². The standard InChI is InChI=1S/C14H17BrN2O3/c1-14(2,3)8-11(18)12(13(19)20)17-16-10-6-4-5-9(15)7-10/h4-7,18H,8H2,1-3H3,(H,19,20). The quantitative estimate of drug-likeness (QED) is 0.468. The van der Waals surface area contributed by atoms with E-state index in [1.165, 1.54) is 0 Å². The number of hydrogen-bond acceptors (Lipinski definition) is 4. The largest absolute Gasteiger partial charge is 0.510 e. The van der Waals surface area contributed by atoms with Gasteiger partial charge in [-0.15, -0.1) is 5.11 Å². The predicted molar refractivity (Wildman–Crippen MR) is 80.0 cm³/mol. The maximum Gasteiger partial charge on any atom is 0.359 e. The Kier molecular flexibility index (Phi) is 5.44. The normalized spacial score (nSPS) is 13.4. The summed E-state index contributed by atoms with van der Waals surface area (Å²) in [6, 6.07) is 6.97. The van der Waals surface area contributed by atoms with Gasteiger partial charge in [0.25, 0.3) is 0 Å². The molecule has 0 fully saturated rings. The average Bonchev–Trinajstić information content (AvgIpc) is 2.26. The van der Waals surface area contributed by atoms with Gasteiger partial charge < -0.3 is 10.2 Å². The summed E-state index contributed by atoms with van der Waals surface area (Å²) in [7, 11) is 0. The van der Waals surface area contributed by atoms with Gasteiger partial charge in [-0.05, 0) is 23.6 Å². The van der Waals surface area contributed by atoms with Gasteiger partial charge in [0.15, 0.2) is 0 Å². The van der Waals surface area contributed by atoms with Gasteiger partial charge in [-0.2, -0.15) is 5.11 Å². The molecule has 0 aromatic heterocycles. The first-order valence-electron chi connectivity index (χ1n) is 6.02. The molecule has 0 saturated carbocycles. The minimum Gasteiger partial charge on any atom is -0.510 e. The molecule has 0 aliphatic carbocycles. The second-order valence-electron chi connectivity index (χ2n) is 5.52.